The molecule has 2 aromatic heterocycles. The van der Waals surface area contributed by atoms with E-state index in [4.69, 9.17) is 4.74 Å². The molecule has 0 aliphatic heterocycles. The molecule has 0 aromatic carbocycles. The van der Waals surface area contributed by atoms with Gasteiger partial charge in [-0.2, -0.15) is 10.2 Å². The number of nitrogens with zero attached hydrogens (tertiary/aromatic N) is 4. The van der Waals surface area contributed by atoms with E-state index in [0.29, 0.717) is 19.0 Å². The molecule has 7 heteroatoms. The summed E-state index contributed by atoms with van der Waals surface area (Å²) in [7, 11) is 1.58. The average Bonchev–Trinajstić information content (AvgIpc) is 3.04. The van der Waals surface area contributed by atoms with Gasteiger partial charge in [-0.1, -0.05) is 0 Å². The average molecular weight is 277 g/mol. The van der Waals surface area contributed by atoms with Crippen molar-refractivity contribution in [3.63, 3.8) is 0 Å². The smallest absolute Gasteiger partial charge is 0.272 e. The van der Waals surface area contributed by atoms with Crippen LogP contribution in [-0.2, 0) is 24.6 Å². The molecule has 2 rings (SSSR count). The molecule has 108 valence electrons. The van der Waals surface area contributed by atoms with Crippen molar-refractivity contribution in [2.45, 2.75) is 33.7 Å². The molecular weight excluding hydrogens is 258 g/mol. The van der Waals surface area contributed by atoms with Crippen molar-refractivity contribution < 1.29 is 9.53 Å². The summed E-state index contributed by atoms with van der Waals surface area (Å²) in [4.78, 5) is 12.0. The number of methoxy groups -OCH3 is 1. The highest BCUT2D eigenvalue weighted by Gasteiger charge is 2.11. The second-order valence-electron chi connectivity index (χ2n) is 4.41. The van der Waals surface area contributed by atoms with E-state index in [1.807, 2.05) is 18.5 Å². The third-order valence-corrected chi connectivity index (χ3v) is 3.08. The Morgan fingerprint density at radius 2 is 2.30 bits per heavy atom. The standard InChI is InChI=1S/C13H19N5O2/c1-4-18-10(2)11(8-15-18)7-14-13(19)12-5-6-17(16-12)9-20-3/h5-6,8H,4,7,9H2,1-3H3,(H,14,19). The summed E-state index contributed by atoms with van der Waals surface area (Å²) < 4.78 is 8.40. The third-order valence-electron chi connectivity index (χ3n) is 3.08. The number of amides is 1. The molecular formula is C13H19N5O2. The Balaban J connectivity index is 1.95. The van der Waals surface area contributed by atoms with E-state index in [2.05, 4.69) is 15.5 Å². The predicted molar refractivity (Wildman–Crippen MR) is 73.0 cm³/mol. The number of nitrogens with one attached hydrogen (secondary N) is 1. The number of aryl methyl sites for hydroxylation is 1. The zero-order chi connectivity index (χ0) is 14.5. The number of carbonyl (C=O) groups excluding carboxylic acids is 1. The Labute approximate surface area is 117 Å². The molecule has 0 aliphatic rings. The first-order valence-corrected chi connectivity index (χ1v) is 6.47. The molecule has 0 aliphatic carbocycles. The van der Waals surface area contributed by atoms with Crippen LogP contribution in [0.5, 0.6) is 0 Å². The first-order valence-electron chi connectivity index (χ1n) is 6.47. The van der Waals surface area contributed by atoms with Gasteiger partial charge in [-0.3, -0.25) is 9.48 Å². The van der Waals surface area contributed by atoms with Crippen LogP contribution >= 0.6 is 0 Å². The van der Waals surface area contributed by atoms with Crippen LogP contribution in [-0.4, -0.2) is 32.6 Å². The molecule has 0 unspecified atom stereocenters. The van der Waals surface area contributed by atoms with Gasteiger partial charge in [0.1, 0.15) is 12.4 Å². The van der Waals surface area contributed by atoms with E-state index in [0.717, 1.165) is 17.8 Å². The summed E-state index contributed by atoms with van der Waals surface area (Å²) in [6.07, 6.45) is 3.49. The van der Waals surface area contributed by atoms with Crippen molar-refractivity contribution in [3.05, 3.63) is 35.4 Å². The lowest BCUT2D eigenvalue weighted by Gasteiger charge is -2.04. The van der Waals surface area contributed by atoms with Gasteiger partial charge in [0.15, 0.2) is 0 Å². The van der Waals surface area contributed by atoms with Gasteiger partial charge in [0, 0.05) is 37.7 Å². The largest absolute Gasteiger partial charge is 0.362 e. The quantitative estimate of drug-likeness (QED) is 0.853. The van der Waals surface area contributed by atoms with E-state index >= 15 is 0 Å². The van der Waals surface area contributed by atoms with Crippen molar-refractivity contribution in [2.24, 2.45) is 0 Å². The maximum Gasteiger partial charge on any atom is 0.272 e. The number of hydrogen-bond acceptors (Lipinski definition) is 4. The lowest BCUT2D eigenvalue weighted by Crippen LogP contribution is -2.23. The molecule has 2 heterocycles. The summed E-state index contributed by atoms with van der Waals surface area (Å²) in [5.74, 6) is -0.205. The normalized spacial score (nSPS) is 10.8. The fourth-order valence-electron chi connectivity index (χ4n) is 1.93. The molecule has 2 aromatic rings. The molecule has 0 spiro atoms. The predicted octanol–water partition coefficient (Wildman–Crippen LogP) is 0.942. The van der Waals surface area contributed by atoms with Gasteiger partial charge in [-0.05, 0) is 19.9 Å². The van der Waals surface area contributed by atoms with Gasteiger partial charge in [-0.15, -0.1) is 0 Å². The van der Waals surface area contributed by atoms with Crippen LogP contribution in [0.2, 0.25) is 0 Å². The van der Waals surface area contributed by atoms with E-state index in [1.54, 1.807) is 30.3 Å². The SMILES string of the molecule is CCn1ncc(CNC(=O)c2ccn(COC)n2)c1C. The molecule has 1 amide bonds. The summed E-state index contributed by atoms with van der Waals surface area (Å²) in [6.45, 7) is 5.62. The minimum atomic E-state index is -0.205. The third kappa shape index (κ3) is 3.05. The van der Waals surface area contributed by atoms with Crippen LogP contribution in [0.3, 0.4) is 0 Å². The zero-order valence-corrected chi connectivity index (χ0v) is 12.0. The summed E-state index contributed by atoms with van der Waals surface area (Å²) >= 11 is 0. The minimum absolute atomic E-state index is 0.205. The van der Waals surface area contributed by atoms with Gasteiger partial charge < -0.3 is 10.1 Å². The van der Waals surface area contributed by atoms with Gasteiger partial charge in [0.2, 0.25) is 0 Å². The number of carbonyl (C=O) groups is 1. The molecule has 0 fully saturated rings. The topological polar surface area (TPSA) is 74.0 Å². The van der Waals surface area contributed by atoms with Gasteiger partial charge in [-0.25, -0.2) is 4.68 Å². The Morgan fingerprint density at radius 1 is 1.50 bits per heavy atom. The Kier molecular flexibility index (Phi) is 4.52. The minimum Gasteiger partial charge on any atom is -0.362 e. The highest BCUT2D eigenvalue weighted by molar-refractivity contribution is 5.92. The lowest BCUT2D eigenvalue weighted by molar-refractivity contribution is 0.0938. The first-order chi connectivity index (χ1) is 9.65. The Bertz CT molecular complexity index is 587. The van der Waals surface area contributed by atoms with Crippen LogP contribution in [0.15, 0.2) is 18.5 Å². The second kappa shape index (κ2) is 6.33. The fraction of sp³-hybridized carbons (Fsp3) is 0.462. The van der Waals surface area contributed by atoms with Crippen molar-refractivity contribution in [1.29, 1.82) is 0 Å². The number of hydrogen-bond donors (Lipinski definition) is 1. The number of aromatic nitrogens is 4. The number of rotatable bonds is 6. The summed E-state index contributed by atoms with van der Waals surface area (Å²) in [6, 6.07) is 1.66. The molecule has 0 saturated carbocycles. The Hall–Kier alpha value is -2.15. The zero-order valence-electron chi connectivity index (χ0n) is 12.0. The Morgan fingerprint density at radius 3 is 2.95 bits per heavy atom. The summed E-state index contributed by atoms with van der Waals surface area (Å²) in [5, 5.41) is 11.2. The number of ether oxygens (including phenoxy) is 1. The maximum absolute atomic E-state index is 12.0. The summed E-state index contributed by atoms with van der Waals surface area (Å²) in [5.41, 5.74) is 2.46. The molecule has 0 atom stereocenters. The van der Waals surface area contributed by atoms with Gasteiger partial charge in [0.05, 0.1) is 6.20 Å². The first kappa shape index (κ1) is 14.3. The van der Waals surface area contributed by atoms with E-state index in [1.165, 1.54) is 0 Å². The van der Waals surface area contributed by atoms with Crippen molar-refractivity contribution in [2.75, 3.05) is 7.11 Å². The highest BCUT2D eigenvalue weighted by atomic mass is 16.5. The highest BCUT2D eigenvalue weighted by Crippen LogP contribution is 2.07. The van der Waals surface area contributed by atoms with E-state index < -0.39 is 0 Å². The van der Waals surface area contributed by atoms with Crippen molar-refractivity contribution in [3.8, 4) is 0 Å². The van der Waals surface area contributed by atoms with Crippen molar-refractivity contribution in [1.82, 2.24) is 24.9 Å². The van der Waals surface area contributed by atoms with E-state index in [9.17, 15) is 4.79 Å². The van der Waals surface area contributed by atoms with Gasteiger partial charge >= 0.3 is 0 Å². The second-order valence-corrected chi connectivity index (χ2v) is 4.41. The van der Waals surface area contributed by atoms with Crippen LogP contribution in [0.4, 0.5) is 0 Å². The van der Waals surface area contributed by atoms with Crippen LogP contribution < -0.4 is 5.32 Å². The fourth-order valence-corrected chi connectivity index (χ4v) is 1.93. The van der Waals surface area contributed by atoms with Crippen molar-refractivity contribution >= 4 is 5.91 Å². The monoisotopic (exact) mass is 277 g/mol. The van der Waals surface area contributed by atoms with Gasteiger partial charge in [0.25, 0.3) is 5.91 Å². The molecule has 0 bridgehead atoms. The maximum atomic E-state index is 12.0. The molecule has 7 nitrogen and oxygen atoms in total. The molecule has 0 saturated heterocycles. The molecule has 1 N–H and O–H groups in total. The molecule has 0 radical (unpaired) electrons. The van der Waals surface area contributed by atoms with Crippen LogP contribution in [0, 0.1) is 6.92 Å². The lowest BCUT2D eigenvalue weighted by atomic mass is 10.2. The van der Waals surface area contributed by atoms with Crippen LogP contribution in [0.25, 0.3) is 0 Å². The molecule has 20 heavy (non-hydrogen) atoms. The van der Waals surface area contributed by atoms with E-state index in [-0.39, 0.29) is 5.91 Å². The van der Waals surface area contributed by atoms with Crippen LogP contribution in [0.1, 0.15) is 28.7 Å².